The number of piperazine rings is 1. The van der Waals surface area contributed by atoms with Crippen LogP contribution in [0.3, 0.4) is 0 Å². The maximum absolute atomic E-state index is 13.3. The molecule has 3 heterocycles. The number of fused-ring (bicyclic) bond motifs is 1. The van der Waals surface area contributed by atoms with Crippen molar-refractivity contribution in [1.29, 1.82) is 5.26 Å². The first-order valence-electron chi connectivity index (χ1n) is 10.7. The molecule has 1 amide bonds. The zero-order chi connectivity index (χ0) is 22.8. The average Bonchev–Trinajstić information content (AvgIpc) is 3.32. The van der Waals surface area contributed by atoms with Gasteiger partial charge in [0.1, 0.15) is 11.6 Å². The highest BCUT2D eigenvalue weighted by atomic mass is 35.5. The van der Waals surface area contributed by atoms with Gasteiger partial charge in [-0.2, -0.15) is 5.26 Å². The number of hydrogen-bond acceptors (Lipinski definition) is 6. The van der Waals surface area contributed by atoms with Gasteiger partial charge in [-0.05, 0) is 38.7 Å². The van der Waals surface area contributed by atoms with E-state index in [1.54, 1.807) is 22.4 Å². The van der Waals surface area contributed by atoms with E-state index in [0.29, 0.717) is 50.0 Å². The fourth-order valence-electron chi connectivity index (χ4n) is 4.22. The van der Waals surface area contributed by atoms with E-state index in [2.05, 4.69) is 11.0 Å². The summed E-state index contributed by atoms with van der Waals surface area (Å²) >= 11 is 7.94. The Hall–Kier alpha value is -2.47. The van der Waals surface area contributed by atoms with Crippen LogP contribution in [0.5, 0.6) is 0 Å². The summed E-state index contributed by atoms with van der Waals surface area (Å²) < 4.78 is 1.66. The van der Waals surface area contributed by atoms with Gasteiger partial charge in [0, 0.05) is 55.4 Å². The van der Waals surface area contributed by atoms with Gasteiger partial charge < -0.3 is 19.3 Å². The number of halogens is 1. The Balaban J connectivity index is 1.70. The number of hydrogen-bond donors (Lipinski definition) is 0. The Kier molecular flexibility index (Phi) is 6.79. The second-order valence-corrected chi connectivity index (χ2v) is 9.81. The fourth-order valence-corrected chi connectivity index (χ4v) is 5.34. The van der Waals surface area contributed by atoms with Gasteiger partial charge in [-0.25, -0.2) is 0 Å². The van der Waals surface area contributed by atoms with Gasteiger partial charge in [-0.1, -0.05) is 17.7 Å². The summed E-state index contributed by atoms with van der Waals surface area (Å²) in [7, 11) is 3.90. The smallest absolute Gasteiger partial charge is 0.271 e. The molecule has 1 aromatic heterocycles. The fraction of sp³-hybridized carbons (Fsp3) is 0.435. The molecule has 2 aliphatic heterocycles. The number of rotatable bonds is 5. The molecule has 168 valence electrons. The largest absolute Gasteiger partial charge is 0.366 e. The molecule has 0 aliphatic carbocycles. The number of carbonyl (C=O) groups excluding carboxylic acids is 1. The number of allylic oxidation sites excluding steroid dienone is 1. The first kappa shape index (κ1) is 22.7. The third-order valence-corrected chi connectivity index (χ3v) is 7.21. The predicted molar refractivity (Wildman–Crippen MR) is 130 cm³/mol. The maximum atomic E-state index is 13.3. The predicted octanol–water partition coefficient (Wildman–Crippen LogP) is 2.76. The molecule has 0 N–H and O–H groups in total. The SMILES string of the molecule is CN(C)CCn1c(=O)c(C#N)c(N2CCN(C(=O)C3=CCCS3)CC2)c2cc(Cl)ccc21. The summed E-state index contributed by atoms with van der Waals surface area (Å²) in [6.45, 7) is 3.37. The highest BCUT2D eigenvalue weighted by Gasteiger charge is 2.28. The number of nitrogens with zero attached hydrogens (tertiary/aromatic N) is 5. The Bertz CT molecular complexity index is 1180. The quantitative estimate of drug-likeness (QED) is 0.667. The minimum absolute atomic E-state index is 0.0830. The number of carbonyl (C=O) groups is 1. The van der Waals surface area contributed by atoms with Gasteiger partial charge in [0.2, 0.25) is 0 Å². The first-order valence-corrected chi connectivity index (χ1v) is 12.0. The summed E-state index contributed by atoms with van der Waals surface area (Å²) in [6, 6.07) is 7.61. The molecule has 0 spiro atoms. The van der Waals surface area contributed by atoms with Crippen molar-refractivity contribution in [3.63, 3.8) is 0 Å². The molecule has 32 heavy (non-hydrogen) atoms. The minimum Gasteiger partial charge on any atom is -0.366 e. The van der Waals surface area contributed by atoms with Crippen LogP contribution in [0, 0.1) is 11.3 Å². The molecule has 0 atom stereocenters. The van der Waals surface area contributed by atoms with Crippen LogP contribution < -0.4 is 10.5 Å². The van der Waals surface area contributed by atoms with Crippen LogP contribution in [0.4, 0.5) is 5.69 Å². The lowest BCUT2D eigenvalue weighted by Crippen LogP contribution is -2.49. The molecule has 4 rings (SSSR count). The Morgan fingerprint density at radius 1 is 1.25 bits per heavy atom. The van der Waals surface area contributed by atoms with Crippen molar-refractivity contribution in [3.05, 3.63) is 50.1 Å². The molecule has 0 unspecified atom stereocenters. The summed E-state index contributed by atoms with van der Waals surface area (Å²) in [4.78, 5) is 32.8. The molecule has 0 bridgehead atoms. The van der Waals surface area contributed by atoms with Crippen molar-refractivity contribution in [2.75, 3.05) is 57.5 Å². The van der Waals surface area contributed by atoms with E-state index in [0.717, 1.165) is 28.0 Å². The Morgan fingerprint density at radius 3 is 2.62 bits per heavy atom. The van der Waals surface area contributed by atoms with E-state index in [9.17, 15) is 14.9 Å². The summed E-state index contributed by atoms with van der Waals surface area (Å²) in [5, 5.41) is 11.3. The standard InChI is InChI=1S/C23H26ClN5O2S/c1-26(2)7-12-29-19-6-5-16(24)14-17(19)21(18(15-25)22(29)30)27-8-10-28(11-9-27)23(31)20-4-3-13-32-20/h4-6,14H,3,7-13H2,1-2H3. The monoisotopic (exact) mass is 471 g/mol. The number of benzene rings is 1. The first-order chi connectivity index (χ1) is 15.4. The maximum Gasteiger partial charge on any atom is 0.271 e. The zero-order valence-corrected chi connectivity index (χ0v) is 19.9. The molecule has 1 fully saturated rings. The van der Waals surface area contributed by atoms with Crippen molar-refractivity contribution in [2.45, 2.75) is 13.0 Å². The number of pyridine rings is 1. The van der Waals surface area contributed by atoms with Crippen molar-refractivity contribution < 1.29 is 4.79 Å². The Labute approximate surface area is 196 Å². The van der Waals surface area contributed by atoms with E-state index < -0.39 is 0 Å². The lowest BCUT2D eigenvalue weighted by molar-refractivity contribution is -0.126. The molecule has 2 aliphatic rings. The van der Waals surface area contributed by atoms with Crippen molar-refractivity contribution in [3.8, 4) is 6.07 Å². The number of likely N-dealkylation sites (N-methyl/N-ethyl adjacent to an activating group) is 1. The number of thioether (sulfide) groups is 1. The molecule has 1 aromatic carbocycles. The number of aromatic nitrogens is 1. The lowest BCUT2D eigenvalue weighted by atomic mass is 10.1. The Morgan fingerprint density at radius 2 is 2.00 bits per heavy atom. The number of anilines is 1. The topological polar surface area (TPSA) is 72.6 Å². The normalized spacial score (nSPS) is 16.5. The van der Waals surface area contributed by atoms with Crippen LogP contribution in [-0.2, 0) is 11.3 Å². The summed E-state index contributed by atoms with van der Waals surface area (Å²) in [6.07, 6.45) is 2.95. The molecule has 1 saturated heterocycles. The van der Waals surface area contributed by atoms with E-state index in [1.807, 2.05) is 42.1 Å². The van der Waals surface area contributed by atoms with Crippen LogP contribution in [0.2, 0.25) is 5.02 Å². The van der Waals surface area contributed by atoms with Crippen LogP contribution in [0.1, 0.15) is 12.0 Å². The molecule has 0 saturated carbocycles. The number of amides is 1. The van der Waals surface area contributed by atoms with Crippen LogP contribution in [0.15, 0.2) is 34.0 Å². The summed E-state index contributed by atoms with van der Waals surface area (Å²) in [5.41, 5.74) is 1.23. The molecular weight excluding hydrogens is 446 g/mol. The van der Waals surface area contributed by atoms with Crippen LogP contribution in [-0.4, -0.2) is 72.8 Å². The van der Waals surface area contributed by atoms with Crippen molar-refractivity contribution >= 4 is 45.9 Å². The second kappa shape index (κ2) is 9.57. The molecule has 9 heteroatoms. The van der Waals surface area contributed by atoms with Crippen LogP contribution in [0.25, 0.3) is 10.9 Å². The third kappa shape index (κ3) is 4.38. The highest BCUT2D eigenvalue weighted by molar-refractivity contribution is 8.04. The average molecular weight is 472 g/mol. The summed E-state index contributed by atoms with van der Waals surface area (Å²) in [5.74, 6) is 1.04. The zero-order valence-electron chi connectivity index (χ0n) is 18.3. The van der Waals surface area contributed by atoms with Gasteiger partial charge in [-0.15, -0.1) is 11.8 Å². The molecule has 0 radical (unpaired) electrons. The lowest BCUT2D eigenvalue weighted by Gasteiger charge is -2.37. The minimum atomic E-state index is -0.287. The molecule has 7 nitrogen and oxygen atoms in total. The number of nitriles is 1. The van der Waals surface area contributed by atoms with E-state index in [1.165, 1.54) is 0 Å². The molecular formula is C23H26ClN5O2S. The van der Waals surface area contributed by atoms with E-state index in [-0.39, 0.29) is 17.0 Å². The van der Waals surface area contributed by atoms with E-state index in [4.69, 9.17) is 11.6 Å². The van der Waals surface area contributed by atoms with Crippen molar-refractivity contribution in [1.82, 2.24) is 14.4 Å². The van der Waals surface area contributed by atoms with Gasteiger partial charge in [0.05, 0.1) is 16.1 Å². The van der Waals surface area contributed by atoms with Crippen molar-refractivity contribution in [2.24, 2.45) is 0 Å². The van der Waals surface area contributed by atoms with Gasteiger partial charge in [-0.3, -0.25) is 9.59 Å². The van der Waals surface area contributed by atoms with Gasteiger partial charge in [0.25, 0.3) is 11.5 Å². The van der Waals surface area contributed by atoms with Gasteiger partial charge >= 0.3 is 0 Å². The van der Waals surface area contributed by atoms with E-state index >= 15 is 0 Å². The second-order valence-electron chi connectivity index (χ2n) is 8.24. The third-order valence-electron chi connectivity index (χ3n) is 5.88. The highest BCUT2D eigenvalue weighted by Crippen LogP contribution is 2.32. The molecule has 2 aromatic rings. The van der Waals surface area contributed by atoms with Gasteiger partial charge in [0.15, 0.2) is 0 Å². The van der Waals surface area contributed by atoms with Crippen LogP contribution >= 0.6 is 23.4 Å².